The van der Waals surface area contributed by atoms with E-state index in [1.54, 1.807) is 13.4 Å². The van der Waals surface area contributed by atoms with Gasteiger partial charge in [-0.15, -0.1) is 0 Å². The third-order valence-electron chi connectivity index (χ3n) is 3.62. The Morgan fingerprint density at radius 3 is 2.78 bits per heavy atom. The molecule has 6 heteroatoms. The molecular formula is C17H18BNO4. The molecule has 0 bridgehead atoms. The Bertz CT molecular complexity index is 732. The van der Waals surface area contributed by atoms with Gasteiger partial charge in [-0.1, -0.05) is 18.2 Å². The molecule has 1 aliphatic heterocycles. The molecule has 1 aromatic heterocycles. The molecule has 23 heavy (non-hydrogen) atoms. The molecule has 3 rings (SSSR count). The van der Waals surface area contributed by atoms with Gasteiger partial charge in [0.2, 0.25) is 0 Å². The van der Waals surface area contributed by atoms with Gasteiger partial charge in [0.05, 0.1) is 25.7 Å². The number of benzene rings is 1. The summed E-state index contributed by atoms with van der Waals surface area (Å²) in [6.07, 6.45) is 2.10. The zero-order chi connectivity index (χ0) is 16.2. The number of methoxy groups -OCH3 is 1. The molecule has 5 nitrogen and oxygen atoms in total. The second-order valence-corrected chi connectivity index (χ2v) is 5.16. The molecule has 2 heterocycles. The van der Waals surface area contributed by atoms with Crippen molar-refractivity contribution < 1.29 is 19.2 Å². The van der Waals surface area contributed by atoms with Crippen LogP contribution in [-0.4, -0.2) is 30.8 Å². The minimum absolute atomic E-state index is 0.483. The van der Waals surface area contributed by atoms with Crippen LogP contribution >= 0.6 is 0 Å². The molecule has 0 amide bonds. The lowest BCUT2D eigenvalue weighted by Crippen LogP contribution is -2.08. The molecular weight excluding hydrogens is 293 g/mol. The minimum atomic E-state index is -0.752. The van der Waals surface area contributed by atoms with Crippen LogP contribution in [0, 0.1) is 0 Å². The predicted octanol–water partition coefficient (Wildman–Crippen LogP) is 3.01. The Kier molecular flexibility index (Phi) is 4.53. The summed E-state index contributed by atoms with van der Waals surface area (Å²) in [6, 6.07) is 11.7. The first-order valence-corrected chi connectivity index (χ1v) is 7.52. The smallest absolute Gasteiger partial charge is 0.526 e. The lowest BCUT2D eigenvalue weighted by atomic mass is 9.82. The molecule has 1 aromatic carbocycles. The van der Waals surface area contributed by atoms with Crippen LogP contribution < -0.4 is 9.47 Å². The van der Waals surface area contributed by atoms with E-state index in [-0.39, 0.29) is 0 Å². The quantitative estimate of drug-likeness (QED) is 0.860. The number of aromatic nitrogens is 1. The van der Waals surface area contributed by atoms with Crippen LogP contribution in [0.5, 0.6) is 11.6 Å². The number of rotatable bonds is 5. The average Bonchev–Trinajstić information content (AvgIpc) is 3.02. The van der Waals surface area contributed by atoms with Gasteiger partial charge >= 0.3 is 7.12 Å². The maximum absolute atomic E-state index is 9.48. The van der Waals surface area contributed by atoms with E-state index < -0.39 is 7.12 Å². The molecule has 0 saturated heterocycles. The Hall–Kier alpha value is -2.47. The van der Waals surface area contributed by atoms with Crippen LogP contribution in [0.2, 0.25) is 6.32 Å². The number of hydrogen-bond acceptors (Lipinski definition) is 5. The number of allylic oxidation sites excluding steroid dienone is 1. The molecule has 2 aromatic rings. The SMILES string of the molecule is CCOc1nc(-c2cccc(C3=COB(O)C3)c2)ccc1OC. The topological polar surface area (TPSA) is 60.8 Å². The number of ether oxygens (including phenoxy) is 2. The van der Waals surface area contributed by atoms with Crippen LogP contribution in [0.25, 0.3) is 16.8 Å². The molecule has 0 spiro atoms. The van der Waals surface area contributed by atoms with E-state index in [1.807, 2.05) is 43.3 Å². The van der Waals surface area contributed by atoms with Crippen molar-refractivity contribution in [1.29, 1.82) is 0 Å². The molecule has 118 valence electrons. The highest BCUT2D eigenvalue weighted by atomic mass is 16.5. The summed E-state index contributed by atoms with van der Waals surface area (Å²) in [6.45, 7) is 2.43. The number of pyridine rings is 1. The van der Waals surface area contributed by atoms with Crippen LogP contribution in [0.3, 0.4) is 0 Å². The zero-order valence-corrected chi connectivity index (χ0v) is 13.2. The molecule has 0 saturated carbocycles. The van der Waals surface area contributed by atoms with E-state index in [0.717, 1.165) is 22.4 Å². The molecule has 0 fully saturated rings. The van der Waals surface area contributed by atoms with E-state index >= 15 is 0 Å². The van der Waals surface area contributed by atoms with E-state index in [1.165, 1.54) is 0 Å². The van der Waals surface area contributed by atoms with Crippen LogP contribution in [0.4, 0.5) is 0 Å². The summed E-state index contributed by atoms with van der Waals surface area (Å²) in [4.78, 5) is 4.54. The Labute approximate surface area is 135 Å². The standard InChI is InChI=1S/C17H18BNO4/c1-3-22-17-16(21-2)8-7-15(19-17)13-6-4-5-12(9-13)14-10-18(20)23-11-14/h4-9,11,20H,3,10H2,1-2H3. The second-order valence-electron chi connectivity index (χ2n) is 5.16. The molecule has 1 aliphatic rings. The lowest BCUT2D eigenvalue weighted by molar-refractivity contribution is 0.299. The van der Waals surface area contributed by atoms with E-state index in [2.05, 4.69) is 4.98 Å². The van der Waals surface area contributed by atoms with Gasteiger partial charge in [-0.3, -0.25) is 0 Å². The highest BCUT2D eigenvalue weighted by Gasteiger charge is 2.23. The molecule has 1 N–H and O–H groups in total. The Morgan fingerprint density at radius 1 is 1.26 bits per heavy atom. The van der Waals surface area contributed by atoms with Crippen molar-refractivity contribution in [1.82, 2.24) is 4.98 Å². The van der Waals surface area contributed by atoms with E-state index in [9.17, 15) is 5.02 Å². The fraction of sp³-hybridized carbons (Fsp3) is 0.235. The fourth-order valence-electron chi connectivity index (χ4n) is 2.49. The number of nitrogens with zero attached hydrogens (tertiary/aromatic N) is 1. The maximum Gasteiger partial charge on any atom is 0.526 e. The normalized spacial score (nSPS) is 13.5. The summed E-state index contributed by atoms with van der Waals surface area (Å²) in [5.41, 5.74) is 3.75. The average molecular weight is 311 g/mol. The summed E-state index contributed by atoms with van der Waals surface area (Å²) in [5.74, 6) is 1.10. The highest BCUT2D eigenvalue weighted by molar-refractivity contribution is 6.47. The first kappa shape index (κ1) is 15.4. The predicted molar refractivity (Wildman–Crippen MR) is 89.2 cm³/mol. The van der Waals surface area contributed by atoms with Crippen molar-refractivity contribution >= 4 is 12.7 Å². The first-order chi connectivity index (χ1) is 11.2. The van der Waals surface area contributed by atoms with E-state index in [0.29, 0.717) is 24.6 Å². The van der Waals surface area contributed by atoms with Crippen molar-refractivity contribution in [2.75, 3.05) is 13.7 Å². The monoisotopic (exact) mass is 311 g/mol. The molecule has 0 atom stereocenters. The summed E-state index contributed by atoms with van der Waals surface area (Å²) in [7, 11) is 0.842. The van der Waals surface area contributed by atoms with Crippen LogP contribution in [0.1, 0.15) is 12.5 Å². The van der Waals surface area contributed by atoms with Gasteiger partial charge in [0.1, 0.15) is 0 Å². The van der Waals surface area contributed by atoms with Gasteiger partial charge in [-0.2, -0.15) is 0 Å². The van der Waals surface area contributed by atoms with Gasteiger partial charge in [-0.05, 0) is 36.3 Å². The summed E-state index contributed by atoms with van der Waals surface area (Å²) < 4.78 is 15.9. The first-order valence-electron chi connectivity index (χ1n) is 7.52. The van der Waals surface area contributed by atoms with Crippen molar-refractivity contribution in [2.45, 2.75) is 13.2 Å². The molecule has 0 radical (unpaired) electrons. The van der Waals surface area contributed by atoms with Crippen LogP contribution in [-0.2, 0) is 4.65 Å². The van der Waals surface area contributed by atoms with Crippen molar-refractivity contribution in [3.63, 3.8) is 0 Å². The summed E-state index contributed by atoms with van der Waals surface area (Å²) >= 11 is 0. The number of hydrogen-bond donors (Lipinski definition) is 1. The van der Waals surface area contributed by atoms with Gasteiger partial charge in [-0.25, -0.2) is 4.98 Å². The maximum atomic E-state index is 9.48. The van der Waals surface area contributed by atoms with Crippen molar-refractivity contribution in [3.8, 4) is 22.9 Å². The van der Waals surface area contributed by atoms with Gasteiger partial charge in [0.15, 0.2) is 5.75 Å². The van der Waals surface area contributed by atoms with Crippen LogP contribution in [0.15, 0.2) is 42.7 Å². The lowest BCUT2D eigenvalue weighted by Gasteiger charge is -2.10. The largest absolute Gasteiger partial charge is 0.542 e. The highest BCUT2D eigenvalue weighted by Crippen LogP contribution is 2.32. The third kappa shape index (κ3) is 3.32. The van der Waals surface area contributed by atoms with Gasteiger partial charge in [0.25, 0.3) is 5.88 Å². The van der Waals surface area contributed by atoms with Gasteiger partial charge < -0.3 is 19.2 Å². The Morgan fingerprint density at radius 2 is 2.09 bits per heavy atom. The second kappa shape index (κ2) is 6.75. The van der Waals surface area contributed by atoms with Crippen molar-refractivity contribution in [2.24, 2.45) is 0 Å². The Balaban J connectivity index is 1.94. The molecule has 0 aliphatic carbocycles. The zero-order valence-electron chi connectivity index (χ0n) is 13.2. The fourth-order valence-corrected chi connectivity index (χ4v) is 2.49. The minimum Gasteiger partial charge on any atom is -0.542 e. The van der Waals surface area contributed by atoms with Crippen molar-refractivity contribution in [3.05, 3.63) is 48.2 Å². The molecule has 0 unspecified atom stereocenters. The third-order valence-corrected chi connectivity index (χ3v) is 3.62. The summed E-state index contributed by atoms with van der Waals surface area (Å²) in [5, 5.41) is 9.48. The van der Waals surface area contributed by atoms with E-state index in [4.69, 9.17) is 14.1 Å². The van der Waals surface area contributed by atoms with Gasteiger partial charge in [0, 0.05) is 11.9 Å².